The molecule has 21 heavy (non-hydrogen) atoms. The largest absolute Gasteiger partial charge is 0.367 e. The predicted molar refractivity (Wildman–Crippen MR) is 83.6 cm³/mol. The van der Waals surface area contributed by atoms with Crippen molar-refractivity contribution in [3.63, 3.8) is 0 Å². The van der Waals surface area contributed by atoms with Gasteiger partial charge in [0.2, 0.25) is 0 Å². The average molecular weight is 299 g/mol. The van der Waals surface area contributed by atoms with Crippen molar-refractivity contribution >= 4 is 28.2 Å². The van der Waals surface area contributed by atoms with Gasteiger partial charge in [-0.1, -0.05) is 11.6 Å². The second-order valence-corrected chi connectivity index (χ2v) is 6.36. The van der Waals surface area contributed by atoms with E-state index in [0.29, 0.717) is 10.6 Å². The van der Waals surface area contributed by atoms with Gasteiger partial charge in [-0.2, -0.15) is 5.26 Å². The van der Waals surface area contributed by atoms with Gasteiger partial charge in [0.1, 0.15) is 6.07 Å². The molecule has 1 aromatic carbocycles. The molecule has 1 spiro atoms. The number of pyridine rings is 1. The van der Waals surface area contributed by atoms with E-state index >= 15 is 0 Å². The lowest BCUT2D eigenvalue weighted by molar-refractivity contribution is 0.442. The Bertz CT molecular complexity index is 761. The van der Waals surface area contributed by atoms with Crippen LogP contribution in [0.1, 0.15) is 18.4 Å². The molecule has 2 aliphatic rings. The molecule has 1 saturated carbocycles. The summed E-state index contributed by atoms with van der Waals surface area (Å²) in [5, 5.41) is 14.7. The number of aromatic nitrogens is 1. The van der Waals surface area contributed by atoms with Crippen LogP contribution in [-0.2, 0) is 0 Å². The number of nitriles is 1. The monoisotopic (exact) mass is 298 g/mol. The standard InChI is InChI=1S/C16H15ClN4/c17-12-1-2-14-13(7-12)15(11(8-18)9-19-14)21-6-5-20-16(10-21)3-4-16/h1-2,7,9,20H,3-6,10H2. The number of halogens is 1. The Kier molecular flexibility index (Phi) is 2.81. The number of benzene rings is 1. The normalized spacial score (nSPS) is 19.7. The summed E-state index contributed by atoms with van der Waals surface area (Å²) in [7, 11) is 0. The first-order valence-corrected chi connectivity index (χ1v) is 7.57. The molecule has 0 unspecified atom stereocenters. The highest BCUT2D eigenvalue weighted by Crippen LogP contribution is 2.41. The SMILES string of the molecule is N#Cc1cnc2ccc(Cl)cc2c1N1CCNC2(CC2)C1. The van der Waals surface area contributed by atoms with Gasteiger partial charge in [-0.05, 0) is 31.0 Å². The zero-order valence-corrected chi connectivity index (χ0v) is 12.3. The average Bonchev–Trinajstić information content (AvgIpc) is 3.24. The minimum Gasteiger partial charge on any atom is -0.367 e. The molecule has 0 radical (unpaired) electrons. The molecule has 4 rings (SSSR count). The minimum absolute atomic E-state index is 0.263. The van der Waals surface area contributed by atoms with E-state index in [1.54, 1.807) is 6.20 Å². The smallest absolute Gasteiger partial charge is 0.103 e. The fraction of sp³-hybridized carbons (Fsp3) is 0.375. The van der Waals surface area contributed by atoms with Crippen molar-refractivity contribution in [2.45, 2.75) is 18.4 Å². The highest BCUT2D eigenvalue weighted by Gasteiger charge is 2.46. The topological polar surface area (TPSA) is 52.0 Å². The Morgan fingerprint density at radius 2 is 2.24 bits per heavy atom. The molecule has 1 N–H and O–H groups in total. The summed E-state index contributed by atoms with van der Waals surface area (Å²) in [6.07, 6.45) is 4.11. The van der Waals surface area contributed by atoms with Gasteiger partial charge in [0, 0.05) is 41.8 Å². The number of fused-ring (bicyclic) bond motifs is 1. The first-order chi connectivity index (χ1) is 10.2. The molecule has 4 nitrogen and oxygen atoms in total. The molecular formula is C16H15ClN4. The maximum absolute atomic E-state index is 9.46. The van der Waals surface area contributed by atoms with E-state index in [-0.39, 0.29) is 5.54 Å². The van der Waals surface area contributed by atoms with E-state index in [1.165, 1.54) is 12.8 Å². The van der Waals surface area contributed by atoms with Crippen molar-refractivity contribution in [2.75, 3.05) is 24.5 Å². The van der Waals surface area contributed by atoms with E-state index in [2.05, 4.69) is 21.3 Å². The maximum atomic E-state index is 9.46. The van der Waals surface area contributed by atoms with Crippen molar-refractivity contribution in [2.24, 2.45) is 0 Å². The van der Waals surface area contributed by atoms with Crippen molar-refractivity contribution in [3.05, 3.63) is 35.0 Å². The van der Waals surface area contributed by atoms with Crippen LogP contribution in [0, 0.1) is 11.3 Å². The molecule has 2 fully saturated rings. The van der Waals surface area contributed by atoms with Crippen molar-refractivity contribution < 1.29 is 0 Å². The van der Waals surface area contributed by atoms with E-state index in [9.17, 15) is 5.26 Å². The van der Waals surface area contributed by atoms with E-state index in [0.717, 1.165) is 36.2 Å². The van der Waals surface area contributed by atoms with Crippen molar-refractivity contribution in [1.82, 2.24) is 10.3 Å². The summed E-state index contributed by atoms with van der Waals surface area (Å²) >= 11 is 6.15. The number of hydrogen-bond donors (Lipinski definition) is 1. The molecule has 1 saturated heterocycles. The van der Waals surface area contributed by atoms with Crippen LogP contribution < -0.4 is 10.2 Å². The molecule has 0 bridgehead atoms. The van der Waals surface area contributed by atoms with Gasteiger partial charge in [0.15, 0.2) is 0 Å². The third kappa shape index (κ3) is 2.14. The predicted octanol–water partition coefficient (Wildman–Crippen LogP) is 2.70. The first-order valence-electron chi connectivity index (χ1n) is 7.19. The first kappa shape index (κ1) is 12.9. The Morgan fingerprint density at radius 3 is 3.00 bits per heavy atom. The summed E-state index contributed by atoms with van der Waals surface area (Å²) in [5.41, 5.74) is 2.76. The molecule has 0 atom stereocenters. The van der Waals surface area contributed by atoms with E-state index in [4.69, 9.17) is 11.6 Å². The number of nitrogens with one attached hydrogen (secondary N) is 1. The Hall–Kier alpha value is -1.83. The fourth-order valence-corrected chi connectivity index (χ4v) is 3.38. The van der Waals surface area contributed by atoms with E-state index in [1.807, 2.05) is 18.2 Å². The van der Waals surface area contributed by atoms with Crippen LogP contribution in [0.5, 0.6) is 0 Å². The zero-order chi connectivity index (χ0) is 14.4. The summed E-state index contributed by atoms with van der Waals surface area (Å²) in [6, 6.07) is 7.96. The Labute approximate surface area is 128 Å². The molecular weight excluding hydrogens is 284 g/mol. The summed E-state index contributed by atoms with van der Waals surface area (Å²) in [4.78, 5) is 6.70. The van der Waals surface area contributed by atoms with Gasteiger partial charge < -0.3 is 10.2 Å². The van der Waals surface area contributed by atoms with E-state index < -0.39 is 0 Å². The van der Waals surface area contributed by atoms with Gasteiger partial charge in [-0.25, -0.2) is 0 Å². The van der Waals surface area contributed by atoms with Crippen LogP contribution in [0.2, 0.25) is 5.02 Å². The van der Waals surface area contributed by atoms with Crippen LogP contribution in [0.3, 0.4) is 0 Å². The van der Waals surface area contributed by atoms with Crippen LogP contribution in [-0.4, -0.2) is 30.2 Å². The number of rotatable bonds is 1. The second kappa shape index (κ2) is 4.59. The number of hydrogen-bond acceptors (Lipinski definition) is 4. The summed E-state index contributed by atoms with van der Waals surface area (Å²) in [5.74, 6) is 0. The van der Waals surface area contributed by atoms with Gasteiger partial charge >= 0.3 is 0 Å². The third-order valence-corrected chi connectivity index (χ3v) is 4.70. The molecule has 1 aromatic heterocycles. The summed E-state index contributed by atoms with van der Waals surface area (Å²) in [6.45, 7) is 2.81. The van der Waals surface area contributed by atoms with Crippen LogP contribution in [0.4, 0.5) is 5.69 Å². The van der Waals surface area contributed by atoms with Gasteiger partial charge in [-0.3, -0.25) is 4.98 Å². The van der Waals surface area contributed by atoms with Crippen LogP contribution >= 0.6 is 11.6 Å². The fourth-order valence-electron chi connectivity index (χ4n) is 3.21. The van der Waals surface area contributed by atoms with Gasteiger partial charge in [-0.15, -0.1) is 0 Å². The molecule has 5 heteroatoms. The van der Waals surface area contributed by atoms with Gasteiger partial charge in [0.05, 0.1) is 16.8 Å². The summed E-state index contributed by atoms with van der Waals surface area (Å²) < 4.78 is 0. The minimum atomic E-state index is 0.263. The molecule has 1 aliphatic carbocycles. The molecule has 2 aromatic rings. The van der Waals surface area contributed by atoms with Crippen LogP contribution in [0.25, 0.3) is 10.9 Å². The lowest BCUT2D eigenvalue weighted by Crippen LogP contribution is -2.52. The maximum Gasteiger partial charge on any atom is 0.103 e. The number of piperazine rings is 1. The highest BCUT2D eigenvalue weighted by atomic mass is 35.5. The second-order valence-electron chi connectivity index (χ2n) is 5.92. The molecule has 106 valence electrons. The quantitative estimate of drug-likeness (QED) is 0.879. The Balaban J connectivity index is 1.89. The Morgan fingerprint density at radius 1 is 1.38 bits per heavy atom. The highest BCUT2D eigenvalue weighted by molar-refractivity contribution is 6.31. The molecule has 2 heterocycles. The number of nitrogens with zero attached hydrogens (tertiary/aromatic N) is 3. The molecule has 0 amide bonds. The third-order valence-electron chi connectivity index (χ3n) is 4.47. The lowest BCUT2D eigenvalue weighted by atomic mass is 10.1. The van der Waals surface area contributed by atoms with Crippen molar-refractivity contribution in [1.29, 1.82) is 5.26 Å². The number of anilines is 1. The van der Waals surface area contributed by atoms with Crippen molar-refractivity contribution in [3.8, 4) is 6.07 Å². The lowest BCUT2D eigenvalue weighted by Gasteiger charge is -2.36. The zero-order valence-electron chi connectivity index (χ0n) is 11.6. The van der Waals surface area contributed by atoms with Gasteiger partial charge in [0.25, 0.3) is 0 Å². The van der Waals surface area contributed by atoms with Crippen LogP contribution in [0.15, 0.2) is 24.4 Å². The molecule has 1 aliphatic heterocycles.